The Morgan fingerprint density at radius 2 is 1.88 bits per heavy atom. The molecule has 0 amide bonds. The van der Waals surface area contributed by atoms with Gasteiger partial charge in [-0.25, -0.2) is 17.6 Å². The van der Waals surface area contributed by atoms with Crippen LogP contribution in [-0.4, -0.2) is 17.6 Å². The van der Waals surface area contributed by atoms with Gasteiger partial charge in [0, 0.05) is 12.1 Å². The fourth-order valence-corrected chi connectivity index (χ4v) is 2.55. The van der Waals surface area contributed by atoms with Crippen molar-refractivity contribution in [2.45, 2.75) is 13.0 Å². The van der Waals surface area contributed by atoms with Gasteiger partial charge < -0.3 is 9.30 Å². The van der Waals surface area contributed by atoms with Crippen molar-refractivity contribution in [3.05, 3.63) is 49.8 Å². The standard InChI is InChI=1S/C15H9F4IN2O2/c16-9-5-8(24-4-3-21)6-10(17)14(9)12-2-1-11(20)15(23)22(12)7-13(18)19/h1-2,5-6,13H,4,7H2. The number of nitriles is 1. The predicted molar refractivity (Wildman–Crippen MR) is 85.9 cm³/mol. The van der Waals surface area contributed by atoms with Crippen molar-refractivity contribution in [3.8, 4) is 23.1 Å². The number of nitrogens with zero attached hydrogens (tertiary/aromatic N) is 2. The van der Waals surface area contributed by atoms with E-state index in [1.165, 1.54) is 12.1 Å². The summed E-state index contributed by atoms with van der Waals surface area (Å²) in [4.78, 5) is 12.0. The second kappa shape index (κ2) is 7.65. The van der Waals surface area contributed by atoms with Gasteiger partial charge in [0.15, 0.2) is 6.61 Å². The molecule has 0 fully saturated rings. The van der Waals surface area contributed by atoms with E-state index < -0.39 is 42.3 Å². The third kappa shape index (κ3) is 3.87. The summed E-state index contributed by atoms with van der Waals surface area (Å²) < 4.78 is 59.6. The quantitative estimate of drug-likeness (QED) is 0.515. The highest BCUT2D eigenvalue weighted by molar-refractivity contribution is 14.1. The topological polar surface area (TPSA) is 55.0 Å². The molecule has 0 aliphatic heterocycles. The van der Waals surface area contributed by atoms with Crippen LogP contribution in [0.5, 0.6) is 5.75 Å². The zero-order valence-corrected chi connectivity index (χ0v) is 14.1. The molecule has 1 aromatic heterocycles. The maximum atomic E-state index is 14.3. The molecule has 0 bridgehead atoms. The Morgan fingerprint density at radius 3 is 2.42 bits per heavy atom. The van der Waals surface area contributed by atoms with Crippen LogP contribution in [0.3, 0.4) is 0 Å². The molecular formula is C15H9F4IN2O2. The molecule has 126 valence electrons. The molecule has 24 heavy (non-hydrogen) atoms. The van der Waals surface area contributed by atoms with Crippen LogP contribution in [0, 0.1) is 26.5 Å². The van der Waals surface area contributed by atoms with Crippen LogP contribution < -0.4 is 10.3 Å². The van der Waals surface area contributed by atoms with Gasteiger partial charge in [0.2, 0.25) is 0 Å². The lowest BCUT2D eigenvalue weighted by Crippen LogP contribution is -2.27. The minimum Gasteiger partial charge on any atom is -0.479 e. The lowest BCUT2D eigenvalue weighted by Gasteiger charge is -2.15. The van der Waals surface area contributed by atoms with Crippen molar-refractivity contribution in [1.82, 2.24) is 4.57 Å². The minimum absolute atomic E-state index is 0.145. The highest BCUT2D eigenvalue weighted by Gasteiger charge is 2.20. The van der Waals surface area contributed by atoms with Crippen LogP contribution in [0.25, 0.3) is 11.3 Å². The molecule has 2 aromatic rings. The van der Waals surface area contributed by atoms with Gasteiger partial charge in [-0.1, -0.05) is 0 Å². The molecule has 0 aliphatic carbocycles. The summed E-state index contributed by atoms with van der Waals surface area (Å²) >= 11 is 1.65. The van der Waals surface area contributed by atoms with Crippen molar-refractivity contribution in [3.63, 3.8) is 0 Å². The van der Waals surface area contributed by atoms with Crippen LogP contribution in [0.4, 0.5) is 17.6 Å². The summed E-state index contributed by atoms with van der Waals surface area (Å²) in [5.41, 5.74) is -1.69. The number of aromatic nitrogens is 1. The van der Waals surface area contributed by atoms with Crippen LogP contribution in [0.15, 0.2) is 29.1 Å². The van der Waals surface area contributed by atoms with Crippen LogP contribution in [-0.2, 0) is 6.54 Å². The van der Waals surface area contributed by atoms with E-state index in [0.717, 1.165) is 12.1 Å². The average molecular weight is 452 g/mol. The first-order valence-corrected chi connectivity index (χ1v) is 7.59. The fraction of sp³-hybridized carbons (Fsp3) is 0.200. The summed E-state index contributed by atoms with van der Waals surface area (Å²) in [6.07, 6.45) is -2.87. The van der Waals surface area contributed by atoms with E-state index in [0.29, 0.717) is 4.57 Å². The SMILES string of the molecule is N#CCOc1cc(F)c(-c2ccc(I)c(=O)n2CC(F)F)c(F)c1. The second-order valence-corrected chi connectivity index (χ2v) is 5.74. The minimum atomic E-state index is -2.87. The number of alkyl halides is 2. The summed E-state index contributed by atoms with van der Waals surface area (Å²) in [7, 11) is 0. The molecule has 2 rings (SSSR count). The Kier molecular flexibility index (Phi) is 5.82. The third-order valence-electron chi connectivity index (χ3n) is 3.02. The smallest absolute Gasteiger partial charge is 0.264 e. The zero-order valence-electron chi connectivity index (χ0n) is 11.9. The number of pyridine rings is 1. The molecule has 1 heterocycles. The van der Waals surface area contributed by atoms with E-state index in [-0.39, 0.29) is 15.0 Å². The van der Waals surface area contributed by atoms with Gasteiger partial charge in [-0.05, 0) is 34.7 Å². The van der Waals surface area contributed by atoms with Gasteiger partial charge in [0.05, 0.1) is 21.4 Å². The molecule has 0 radical (unpaired) electrons. The summed E-state index contributed by atoms with van der Waals surface area (Å²) in [6.45, 7) is -1.39. The van der Waals surface area contributed by atoms with E-state index in [1.54, 1.807) is 28.7 Å². The summed E-state index contributed by atoms with van der Waals surface area (Å²) in [5.74, 6) is -2.40. The summed E-state index contributed by atoms with van der Waals surface area (Å²) in [5, 5.41) is 8.40. The molecular weight excluding hydrogens is 443 g/mol. The number of halogens is 5. The molecule has 0 aliphatic rings. The zero-order chi connectivity index (χ0) is 17.9. The van der Waals surface area contributed by atoms with Crippen LogP contribution in [0.1, 0.15) is 0 Å². The molecule has 0 N–H and O–H groups in total. The van der Waals surface area contributed by atoms with E-state index in [2.05, 4.69) is 0 Å². The third-order valence-corrected chi connectivity index (χ3v) is 3.84. The van der Waals surface area contributed by atoms with E-state index in [4.69, 9.17) is 10.00 Å². The molecule has 0 unspecified atom stereocenters. The maximum Gasteiger partial charge on any atom is 0.264 e. The Labute approximate surface area is 147 Å². The highest BCUT2D eigenvalue weighted by atomic mass is 127. The fourth-order valence-electron chi connectivity index (χ4n) is 2.08. The van der Waals surface area contributed by atoms with E-state index >= 15 is 0 Å². The van der Waals surface area contributed by atoms with Gasteiger partial charge in [-0.2, -0.15) is 5.26 Å². The maximum absolute atomic E-state index is 14.3. The van der Waals surface area contributed by atoms with Crippen molar-refractivity contribution >= 4 is 22.6 Å². The Hall–Kier alpha value is -2.09. The van der Waals surface area contributed by atoms with Crippen LogP contribution in [0.2, 0.25) is 0 Å². The monoisotopic (exact) mass is 452 g/mol. The average Bonchev–Trinajstić information content (AvgIpc) is 2.51. The van der Waals surface area contributed by atoms with Crippen molar-refractivity contribution in [2.75, 3.05) is 6.61 Å². The normalized spacial score (nSPS) is 10.7. The molecule has 0 saturated heterocycles. The molecule has 0 saturated carbocycles. The van der Waals surface area contributed by atoms with Crippen molar-refractivity contribution in [2.24, 2.45) is 0 Å². The van der Waals surface area contributed by atoms with Gasteiger partial charge in [-0.3, -0.25) is 4.79 Å². The number of hydrogen-bond donors (Lipinski definition) is 0. The molecule has 0 atom stereocenters. The second-order valence-electron chi connectivity index (χ2n) is 4.58. The van der Waals surface area contributed by atoms with E-state index in [1.807, 2.05) is 0 Å². The predicted octanol–water partition coefficient (Wildman–Crippen LogP) is 3.57. The van der Waals surface area contributed by atoms with Crippen LogP contribution >= 0.6 is 22.6 Å². The van der Waals surface area contributed by atoms with Crippen molar-refractivity contribution < 1.29 is 22.3 Å². The van der Waals surface area contributed by atoms with Gasteiger partial charge in [-0.15, -0.1) is 0 Å². The molecule has 0 spiro atoms. The number of hydrogen-bond acceptors (Lipinski definition) is 3. The number of rotatable bonds is 5. The van der Waals surface area contributed by atoms with Gasteiger partial charge in [0.25, 0.3) is 12.0 Å². The highest BCUT2D eigenvalue weighted by Crippen LogP contribution is 2.30. The van der Waals surface area contributed by atoms with Gasteiger partial charge >= 0.3 is 0 Å². The van der Waals surface area contributed by atoms with Gasteiger partial charge in [0.1, 0.15) is 23.5 Å². The molecule has 1 aromatic carbocycles. The first-order valence-electron chi connectivity index (χ1n) is 6.51. The lowest BCUT2D eigenvalue weighted by atomic mass is 10.1. The Balaban J connectivity index is 2.62. The van der Waals surface area contributed by atoms with E-state index in [9.17, 15) is 22.4 Å². The number of benzene rings is 1. The first-order chi connectivity index (χ1) is 11.3. The Bertz CT molecular complexity index is 839. The number of ether oxygens (including phenoxy) is 1. The first kappa shape index (κ1) is 18.3. The Morgan fingerprint density at radius 1 is 1.25 bits per heavy atom. The summed E-state index contributed by atoms with van der Waals surface area (Å²) in [6, 6.07) is 5.79. The largest absolute Gasteiger partial charge is 0.479 e. The lowest BCUT2D eigenvalue weighted by molar-refractivity contribution is 0.125. The molecule has 9 heteroatoms. The molecule has 4 nitrogen and oxygen atoms in total. The van der Waals surface area contributed by atoms with Crippen molar-refractivity contribution in [1.29, 1.82) is 5.26 Å².